The molecule has 2 aromatic rings. The smallest absolute Gasteiger partial charge is 0.258 e. The third-order valence-electron chi connectivity index (χ3n) is 3.82. The minimum absolute atomic E-state index is 0.0604. The van der Waals surface area contributed by atoms with E-state index in [1.165, 1.54) is 0 Å². The summed E-state index contributed by atoms with van der Waals surface area (Å²) in [6, 6.07) is 7.71. The van der Waals surface area contributed by atoms with Crippen LogP contribution in [0.4, 0.5) is 0 Å². The van der Waals surface area contributed by atoms with Crippen molar-refractivity contribution in [3.05, 3.63) is 51.6 Å². The van der Waals surface area contributed by atoms with Gasteiger partial charge in [-0.3, -0.25) is 4.79 Å². The number of nitrogens with one attached hydrogen (secondary N) is 1. The molecule has 0 bridgehead atoms. The second-order valence-corrected chi connectivity index (χ2v) is 5.57. The van der Waals surface area contributed by atoms with E-state index in [0.29, 0.717) is 18.0 Å². The predicted molar refractivity (Wildman–Crippen MR) is 79.0 cm³/mol. The average Bonchev–Trinajstić information content (AvgIpc) is 2.45. The van der Waals surface area contributed by atoms with Gasteiger partial charge in [0.1, 0.15) is 11.6 Å². The summed E-state index contributed by atoms with van der Waals surface area (Å²) in [6.07, 6.45) is 0.723. The van der Waals surface area contributed by atoms with E-state index in [0.717, 1.165) is 17.7 Å². The van der Waals surface area contributed by atoms with E-state index in [1.807, 2.05) is 38.1 Å². The van der Waals surface area contributed by atoms with Gasteiger partial charge in [-0.05, 0) is 18.4 Å². The van der Waals surface area contributed by atoms with Gasteiger partial charge in [-0.2, -0.15) is 4.98 Å². The summed E-state index contributed by atoms with van der Waals surface area (Å²) >= 11 is 0. The number of rotatable bonds is 2. The number of fused-ring (bicyclic) bond motifs is 1. The fourth-order valence-electron chi connectivity index (χ4n) is 2.80. The van der Waals surface area contributed by atoms with Crippen LogP contribution < -0.4 is 10.3 Å². The first-order chi connectivity index (χ1) is 10.1. The lowest BCUT2D eigenvalue weighted by Gasteiger charge is -2.25. The van der Waals surface area contributed by atoms with Gasteiger partial charge in [0.25, 0.3) is 5.56 Å². The van der Waals surface area contributed by atoms with Crippen molar-refractivity contribution in [1.29, 1.82) is 0 Å². The molecule has 2 heterocycles. The lowest BCUT2D eigenvalue weighted by molar-refractivity contribution is 0.273. The third-order valence-corrected chi connectivity index (χ3v) is 3.82. The molecule has 1 aromatic carbocycles. The van der Waals surface area contributed by atoms with E-state index in [9.17, 15) is 9.90 Å². The standard InChI is InChI=1S/C16H18N2O3/c1-9(2)13-15(19)17-14(18-16(13)20)11-7-8-21-12-6-4-3-5-10(11)12/h3-6,9,11H,7-8H2,1-2H3,(H2,17,18,19,20). The first-order valence-electron chi connectivity index (χ1n) is 7.12. The van der Waals surface area contributed by atoms with Crippen molar-refractivity contribution in [1.82, 2.24) is 9.97 Å². The molecule has 21 heavy (non-hydrogen) atoms. The van der Waals surface area contributed by atoms with Crippen LogP contribution in [-0.2, 0) is 0 Å². The van der Waals surface area contributed by atoms with E-state index in [4.69, 9.17) is 4.74 Å². The minimum atomic E-state index is -0.267. The summed E-state index contributed by atoms with van der Waals surface area (Å²) in [4.78, 5) is 19.2. The number of hydrogen-bond donors (Lipinski definition) is 2. The van der Waals surface area contributed by atoms with Gasteiger partial charge in [0.05, 0.1) is 12.2 Å². The van der Waals surface area contributed by atoms with Crippen LogP contribution in [0, 0.1) is 0 Å². The highest BCUT2D eigenvalue weighted by Gasteiger charge is 2.26. The Bertz CT molecular complexity index is 722. The Hall–Kier alpha value is -2.30. The van der Waals surface area contributed by atoms with E-state index in [1.54, 1.807) is 0 Å². The molecule has 0 radical (unpaired) electrons. The maximum atomic E-state index is 12.2. The predicted octanol–water partition coefficient (Wildman–Crippen LogP) is 2.51. The molecular formula is C16H18N2O3. The molecule has 1 atom stereocenters. The lowest BCUT2D eigenvalue weighted by atomic mass is 9.92. The van der Waals surface area contributed by atoms with Crippen molar-refractivity contribution < 1.29 is 9.84 Å². The van der Waals surface area contributed by atoms with E-state index in [2.05, 4.69) is 9.97 Å². The number of ether oxygens (including phenoxy) is 1. The van der Waals surface area contributed by atoms with Crippen LogP contribution in [0.3, 0.4) is 0 Å². The van der Waals surface area contributed by atoms with Gasteiger partial charge in [0.15, 0.2) is 0 Å². The fraction of sp³-hybridized carbons (Fsp3) is 0.375. The zero-order valence-electron chi connectivity index (χ0n) is 12.1. The molecule has 0 aliphatic carbocycles. The van der Waals surface area contributed by atoms with Crippen molar-refractivity contribution in [2.45, 2.75) is 32.1 Å². The van der Waals surface area contributed by atoms with Crippen molar-refractivity contribution in [2.24, 2.45) is 0 Å². The quantitative estimate of drug-likeness (QED) is 0.889. The number of hydrogen-bond acceptors (Lipinski definition) is 4. The highest BCUT2D eigenvalue weighted by atomic mass is 16.5. The zero-order valence-corrected chi connectivity index (χ0v) is 12.1. The summed E-state index contributed by atoms with van der Waals surface area (Å²) < 4.78 is 5.62. The van der Waals surface area contributed by atoms with Crippen LogP contribution in [0.25, 0.3) is 0 Å². The normalized spacial score (nSPS) is 17.4. The van der Waals surface area contributed by atoms with Gasteiger partial charge in [-0.25, -0.2) is 0 Å². The monoisotopic (exact) mass is 286 g/mol. The number of benzene rings is 1. The van der Waals surface area contributed by atoms with Gasteiger partial charge < -0.3 is 14.8 Å². The number of para-hydroxylation sites is 1. The topological polar surface area (TPSA) is 75.2 Å². The Kier molecular flexibility index (Phi) is 3.41. The molecule has 2 N–H and O–H groups in total. The zero-order chi connectivity index (χ0) is 15.0. The number of nitrogens with zero attached hydrogens (tertiary/aromatic N) is 1. The molecular weight excluding hydrogens is 268 g/mol. The van der Waals surface area contributed by atoms with Crippen LogP contribution >= 0.6 is 0 Å². The van der Waals surface area contributed by atoms with Crippen molar-refractivity contribution in [3.63, 3.8) is 0 Å². The molecule has 1 aliphatic heterocycles. The summed E-state index contributed by atoms with van der Waals surface area (Å²) in [6.45, 7) is 4.28. The van der Waals surface area contributed by atoms with Gasteiger partial charge >= 0.3 is 0 Å². The van der Waals surface area contributed by atoms with Gasteiger partial charge in [0, 0.05) is 11.5 Å². The van der Waals surface area contributed by atoms with Crippen LogP contribution in [0.2, 0.25) is 0 Å². The maximum absolute atomic E-state index is 12.2. The first-order valence-corrected chi connectivity index (χ1v) is 7.12. The number of H-pyrrole nitrogens is 1. The average molecular weight is 286 g/mol. The lowest BCUT2D eigenvalue weighted by Crippen LogP contribution is -2.23. The largest absolute Gasteiger partial charge is 0.493 e. The van der Waals surface area contributed by atoms with Crippen molar-refractivity contribution in [2.75, 3.05) is 6.61 Å². The fourth-order valence-corrected chi connectivity index (χ4v) is 2.80. The van der Waals surface area contributed by atoms with E-state index >= 15 is 0 Å². The molecule has 0 amide bonds. The Balaban J connectivity index is 2.09. The van der Waals surface area contributed by atoms with Crippen LogP contribution in [0.1, 0.15) is 49.1 Å². The molecule has 1 aromatic heterocycles. The van der Waals surface area contributed by atoms with Gasteiger partial charge in [-0.15, -0.1) is 0 Å². The maximum Gasteiger partial charge on any atom is 0.258 e. The molecule has 3 rings (SSSR count). The van der Waals surface area contributed by atoms with Crippen LogP contribution in [0.5, 0.6) is 11.6 Å². The Morgan fingerprint density at radius 3 is 2.86 bits per heavy atom. The molecule has 1 unspecified atom stereocenters. The molecule has 0 fully saturated rings. The second kappa shape index (κ2) is 5.24. The van der Waals surface area contributed by atoms with Crippen LogP contribution in [0.15, 0.2) is 29.1 Å². The van der Waals surface area contributed by atoms with Gasteiger partial charge in [0.2, 0.25) is 5.88 Å². The Labute approximate surface area is 122 Å². The molecule has 5 nitrogen and oxygen atoms in total. The van der Waals surface area contributed by atoms with Gasteiger partial charge in [-0.1, -0.05) is 32.0 Å². The highest BCUT2D eigenvalue weighted by Crippen LogP contribution is 2.36. The molecule has 0 spiro atoms. The third kappa shape index (κ3) is 2.39. The SMILES string of the molecule is CC(C)c1c(O)nc(C2CCOc3ccccc32)[nH]c1=O. The molecule has 0 saturated carbocycles. The molecule has 110 valence electrons. The number of aromatic hydroxyl groups is 1. The summed E-state index contributed by atoms with van der Waals surface area (Å²) in [7, 11) is 0. The Morgan fingerprint density at radius 2 is 2.14 bits per heavy atom. The molecule has 1 aliphatic rings. The molecule has 5 heteroatoms. The first kappa shape index (κ1) is 13.7. The van der Waals surface area contributed by atoms with E-state index < -0.39 is 0 Å². The Morgan fingerprint density at radius 1 is 1.38 bits per heavy atom. The number of aromatic nitrogens is 2. The summed E-state index contributed by atoms with van der Waals surface area (Å²) in [5.74, 6) is 1.00. The second-order valence-electron chi connectivity index (χ2n) is 5.57. The van der Waals surface area contributed by atoms with Crippen molar-refractivity contribution >= 4 is 0 Å². The number of aromatic amines is 1. The molecule has 0 saturated heterocycles. The van der Waals surface area contributed by atoms with Crippen molar-refractivity contribution in [3.8, 4) is 11.6 Å². The van der Waals surface area contributed by atoms with E-state index in [-0.39, 0.29) is 23.3 Å². The summed E-state index contributed by atoms with van der Waals surface area (Å²) in [5, 5.41) is 10.1. The van der Waals surface area contributed by atoms with Crippen LogP contribution in [-0.4, -0.2) is 21.7 Å². The minimum Gasteiger partial charge on any atom is -0.493 e. The summed E-state index contributed by atoms with van der Waals surface area (Å²) in [5.41, 5.74) is 1.05. The highest BCUT2D eigenvalue weighted by molar-refractivity contribution is 5.41.